The minimum atomic E-state index is -3.60. The maximum atomic E-state index is 11.7. The Labute approximate surface area is 103 Å². The molecule has 0 rings (SSSR count). The molecule has 1 unspecified atom stereocenters. The second-order valence-electron chi connectivity index (χ2n) is 4.65. The summed E-state index contributed by atoms with van der Waals surface area (Å²) in [6.07, 6.45) is 0. The van der Waals surface area contributed by atoms with Gasteiger partial charge in [-0.05, 0) is 19.8 Å². The van der Waals surface area contributed by atoms with Crippen LogP contribution in [0.2, 0.25) is 0 Å². The predicted molar refractivity (Wildman–Crippen MR) is 65.8 cm³/mol. The molecule has 0 saturated carbocycles. The first-order valence-corrected chi connectivity index (χ1v) is 6.99. The Morgan fingerprint density at radius 3 is 2.06 bits per heavy atom. The van der Waals surface area contributed by atoms with E-state index in [0.717, 1.165) is 0 Å². The van der Waals surface area contributed by atoms with Gasteiger partial charge in [0, 0.05) is 19.6 Å². The van der Waals surface area contributed by atoms with E-state index in [4.69, 9.17) is 5.11 Å². The van der Waals surface area contributed by atoms with Gasteiger partial charge in [0.2, 0.25) is 0 Å². The molecule has 0 aliphatic rings. The first-order valence-electron chi connectivity index (χ1n) is 5.55. The first kappa shape index (κ1) is 16.3. The molecule has 0 radical (unpaired) electrons. The zero-order chi connectivity index (χ0) is 13.8. The van der Waals surface area contributed by atoms with Crippen LogP contribution in [0.25, 0.3) is 0 Å². The van der Waals surface area contributed by atoms with Crippen molar-refractivity contribution < 1.29 is 18.3 Å². The number of carboxylic acid groups (broad SMARTS) is 1. The van der Waals surface area contributed by atoms with Crippen molar-refractivity contribution in [2.24, 2.45) is 11.8 Å². The third-order valence-electron chi connectivity index (χ3n) is 2.71. The van der Waals surface area contributed by atoms with E-state index < -0.39 is 22.1 Å². The number of hydrogen-bond donors (Lipinski definition) is 2. The van der Waals surface area contributed by atoms with Crippen LogP contribution in [0.1, 0.15) is 27.7 Å². The fraction of sp³-hybridized carbons (Fsp3) is 0.900. The number of aliphatic carboxylic acids is 1. The van der Waals surface area contributed by atoms with E-state index >= 15 is 0 Å². The van der Waals surface area contributed by atoms with Gasteiger partial charge in [-0.15, -0.1) is 0 Å². The van der Waals surface area contributed by atoms with Crippen molar-refractivity contribution in [3.63, 3.8) is 0 Å². The normalized spacial score (nSPS) is 14.6. The van der Waals surface area contributed by atoms with Gasteiger partial charge in [0.05, 0.1) is 5.92 Å². The average Bonchev–Trinajstić information content (AvgIpc) is 2.15. The van der Waals surface area contributed by atoms with Gasteiger partial charge < -0.3 is 5.11 Å². The lowest BCUT2D eigenvalue weighted by molar-refractivity contribution is -0.142. The van der Waals surface area contributed by atoms with Crippen LogP contribution in [0.15, 0.2) is 0 Å². The van der Waals surface area contributed by atoms with Crippen LogP contribution in [0.5, 0.6) is 0 Å². The zero-order valence-electron chi connectivity index (χ0n) is 11.0. The zero-order valence-corrected chi connectivity index (χ0v) is 11.8. The lowest BCUT2D eigenvalue weighted by Crippen LogP contribution is -2.45. The second kappa shape index (κ2) is 6.32. The van der Waals surface area contributed by atoms with Crippen LogP contribution in [-0.2, 0) is 15.0 Å². The topological polar surface area (TPSA) is 86.7 Å². The summed E-state index contributed by atoms with van der Waals surface area (Å²) in [7, 11) is -2.15. The van der Waals surface area contributed by atoms with E-state index in [2.05, 4.69) is 4.72 Å². The monoisotopic (exact) mass is 266 g/mol. The largest absolute Gasteiger partial charge is 0.481 e. The highest BCUT2D eigenvalue weighted by Crippen LogP contribution is 2.11. The maximum Gasteiger partial charge on any atom is 0.308 e. The quantitative estimate of drug-likeness (QED) is 0.703. The third-order valence-corrected chi connectivity index (χ3v) is 4.43. The van der Waals surface area contributed by atoms with Crippen molar-refractivity contribution in [3.05, 3.63) is 0 Å². The molecule has 1 atom stereocenters. The highest BCUT2D eigenvalue weighted by molar-refractivity contribution is 7.87. The third kappa shape index (κ3) is 5.01. The molecule has 0 bridgehead atoms. The van der Waals surface area contributed by atoms with Crippen molar-refractivity contribution in [1.82, 2.24) is 9.03 Å². The molecule has 0 saturated heterocycles. The molecule has 0 aromatic rings. The fourth-order valence-corrected chi connectivity index (χ4v) is 2.33. The van der Waals surface area contributed by atoms with Crippen LogP contribution >= 0.6 is 0 Å². The van der Waals surface area contributed by atoms with Crippen molar-refractivity contribution in [2.45, 2.75) is 33.7 Å². The number of rotatable bonds is 7. The molecule has 0 heterocycles. The molecule has 0 fully saturated rings. The molecule has 0 aromatic heterocycles. The van der Waals surface area contributed by atoms with Crippen LogP contribution in [-0.4, -0.2) is 43.4 Å². The number of hydrogen-bond acceptors (Lipinski definition) is 3. The van der Waals surface area contributed by atoms with E-state index in [1.165, 1.54) is 11.4 Å². The summed E-state index contributed by atoms with van der Waals surface area (Å²) in [5, 5.41) is 8.94. The summed E-state index contributed by atoms with van der Waals surface area (Å²) >= 11 is 0. The van der Waals surface area contributed by atoms with Crippen LogP contribution in [0, 0.1) is 11.8 Å². The Balaban J connectivity index is 4.60. The SMILES string of the molecule is CC(C)C(CNS(=O)(=O)N(C)C(C)C)C(=O)O. The molecule has 0 aromatic carbocycles. The van der Waals surface area contributed by atoms with Gasteiger partial charge in [0.15, 0.2) is 0 Å². The summed E-state index contributed by atoms with van der Waals surface area (Å²) in [5.74, 6) is -1.83. The van der Waals surface area contributed by atoms with Gasteiger partial charge in [-0.1, -0.05) is 13.8 Å². The van der Waals surface area contributed by atoms with Crippen molar-refractivity contribution in [1.29, 1.82) is 0 Å². The Morgan fingerprint density at radius 1 is 1.29 bits per heavy atom. The Bertz CT molecular complexity index is 351. The molecule has 17 heavy (non-hydrogen) atoms. The summed E-state index contributed by atoms with van der Waals surface area (Å²) < 4.78 is 27.0. The number of nitrogens with zero attached hydrogens (tertiary/aromatic N) is 1. The van der Waals surface area contributed by atoms with Crippen molar-refractivity contribution >= 4 is 16.2 Å². The molecule has 0 aliphatic carbocycles. The highest BCUT2D eigenvalue weighted by atomic mass is 32.2. The predicted octanol–water partition coefficient (Wildman–Crippen LogP) is 0.518. The lowest BCUT2D eigenvalue weighted by Gasteiger charge is -2.23. The molecule has 102 valence electrons. The summed E-state index contributed by atoms with van der Waals surface area (Å²) in [6.45, 7) is 6.90. The van der Waals surface area contributed by atoms with E-state index in [9.17, 15) is 13.2 Å². The molecule has 0 amide bonds. The smallest absolute Gasteiger partial charge is 0.308 e. The molecule has 0 spiro atoms. The Morgan fingerprint density at radius 2 is 1.76 bits per heavy atom. The van der Waals surface area contributed by atoms with E-state index in [1.54, 1.807) is 27.7 Å². The van der Waals surface area contributed by atoms with Gasteiger partial charge in [-0.25, -0.2) is 4.72 Å². The van der Waals surface area contributed by atoms with Gasteiger partial charge in [0.1, 0.15) is 0 Å². The standard InChI is InChI=1S/C10H22N2O4S/c1-7(2)9(10(13)14)6-11-17(15,16)12(5)8(3)4/h7-9,11H,6H2,1-5H3,(H,13,14). The molecular formula is C10H22N2O4S. The fourth-order valence-electron chi connectivity index (χ4n) is 1.18. The Kier molecular flexibility index (Phi) is 6.08. The van der Waals surface area contributed by atoms with E-state index in [0.29, 0.717) is 0 Å². The van der Waals surface area contributed by atoms with Crippen LogP contribution in [0.3, 0.4) is 0 Å². The van der Waals surface area contributed by atoms with Gasteiger partial charge in [-0.3, -0.25) is 4.79 Å². The number of carbonyl (C=O) groups is 1. The second-order valence-corrected chi connectivity index (χ2v) is 6.47. The molecule has 6 nitrogen and oxygen atoms in total. The van der Waals surface area contributed by atoms with Crippen molar-refractivity contribution in [3.8, 4) is 0 Å². The minimum absolute atomic E-state index is 0.0909. The van der Waals surface area contributed by atoms with Gasteiger partial charge in [-0.2, -0.15) is 12.7 Å². The maximum absolute atomic E-state index is 11.7. The highest BCUT2D eigenvalue weighted by Gasteiger charge is 2.26. The lowest BCUT2D eigenvalue weighted by atomic mass is 9.97. The average molecular weight is 266 g/mol. The number of carboxylic acids is 1. The molecular weight excluding hydrogens is 244 g/mol. The van der Waals surface area contributed by atoms with Crippen LogP contribution in [0.4, 0.5) is 0 Å². The van der Waals surface area contributed by atoms with Gasteiger partial charge in [0.25, 0.3) is 10.2 Å². The minimum Gasteiger partial charge on any atom is -0.481 e. The molecule has 7 heteroatoms. The van der Waals surface area contributed by atoms with E-state index in [-0.39, 0.29) is 18.5 Å². The summed E-state index contributed by atoms with van der Waals surface area (Å²) in [6, 6.07) is -0.171. The first-order chi connectivity index (χ1) is 7.59. The van der Waals surface area contributed by atoms with Crippen molar-refractivity contribution in [2.75, 3.05) is 13.6 Å². The van der Waals surface area contributed by atoms with E-state index in [1.807, 2.05) is 0 Å². The van der Waals surface area contributed by atoms with Gasteiger partial charge >= 0.3 is 5.97 Å². The summed E-state index contributed by atoms with van der Waals surface area (Å²) in [4.78, 5) is 10.9. The molecule has 0 aliphatic heterocycles. The van der Waals surface area contributed by atoms with Crippen LogP contribution < -0.4 is 4.72 Å². The Hall–Kier alpha value is -0.660. The molecule has 2 N–H and O–H groups in total. The number of nitrogens with one attached hydrogen (secondary N) is 1. The summed E-state index contributed by atoms with van der Waals surface area (Å²) in [5.41, 5.74) is 0.